The van der Waals surface area contributed by atoms with Crippen LogP contribution in [-0.4, -0.2) is 38.8 Å². The SMILES string of the molecule is O=C(CNc1ccccc1N1CCCCC1)Nc1ccc2c(c1)OCCO2. The lowest BCUT2D eigenvalue weighted by Gasteiger charge is -2.30. The summed E-state index contributed by atoms with van der Waals surface area (Å²) >= 11 is 0. The van der Waals surface area contributed by atoms with E-state index in [1.165, 1.54) is 24.9 Å². The quantitative estimate of drug-likeness (QED) is 0.847. The number of hydrogen-bond acceptors (Lipinski definition) is 5. The van der Waals surface area contributed by atoms with E-state index in [-0.39, 0.29) is 12.5 Å². The standard InChI is InChI=1S/C21H25N3O3/c25-21(23-16-8-9-19-20(14-16)27-13-12-26-19)15-22-17-6-2-3-7-18(17)24-10-4-1-5-11-24/h2-3,6-9,14,22H,1,4-5,10-13,15H2,(H,23,25). The normalized spacial score (nSPS) is 15.9. The molecule has 0 spiro atoms. The van der Waals surface area contributed by atoms with Crippen LogP contribution in [0.25, 0.3) is 0 Å². The highest BCUT2D eigenvalue weighted by Gasteiger charge is 2.15. The molecule has 0 aromatic heterocycles. The van der Waals surface area contributed by atoms with Crippen molar-refractivity contribution in [3.63, 3.8) is 0 Å². The second kappa shape index (κ2) is 8.20. The second-order valence-electron chi connectivity index (χ2n) is 6.83. The summed E-state index contributed by atoms with van der Waals surface area (Å²) in [6.07, 6.45) is 3.74. The minimum absolute atomic E-state index is 0.0971. The maximum Gasteiger partial charge on any atom is 0.243 e. The van der Waals surface area contributed by atoms with Crippen molar-refractivity contribution in [2.24, 2.45) is 0 Å². The molecular weight excluding hydrogens is 342 g/mol. The molecule has 0 radical (unpaired) electrons. The molecular formula is C21H25N3O3. The van der Waals surface area contributed by atoms with E-state index in [9.17, 15) is 4.79 Å². The molecule has 4 rings (SSSR count). The molecule has 2 aliphatic rings. The van der Waals surface area contributed by atoms with Gasteiger partial charge in [-0.2, -0.15) is 0 Å². The topological polar surface area (TPSA) is 62.8 Å². The van der Waals surface area contributed by atoms with Crippen LogP contribution in [-0.2, 0) is 4.79 Å². The van der Waals surface area contributed by atoms with Gasteiger partial charge in [0.25, 0.3) is 0 Å². The maximum atomic E-state index is 12.4. The van der Waals surface area contributed by atoms with Crippen LogP contribution in [0.15, 0.2) is 42.5 Å². The Morgan fingerprint density at radius 3 is 2.59 bits per heavy atom. The minimum atomic E-state index is -0.0971. The Labute approximate surface area is 159 Å². The van der Waals surface area contributed by atoms with Crippen LogP contribution in [0.5, 0.6) is 11.5 Å². The van der Waals surface area contributed by atoms with Crippen molar-refractivity contribution in [2.45, 2.75) is 19.3 Å². The van der Waals surface area contributed by atoms with Crippen LogP contribution in [0.1, 0.15) is 19.3 Å². The van der Waals surface area contributed by atoms with Crippen LogP contribution in [0.3, 0.4) is 0 Å². The van der Waals surface area contributed by atoms with Gasteiger partial charge < -0.3 is 25.0 Å². The number of nitrogens with zero attached hydrogens (tertiary/aromatic N) is 1. The van der Waals surface area contributed by atoms with Crippen LogP contribution < -0.4 is 25.0 Å². The van der Waals surface area contributed by atoms with Crippen molar-refractivity contribution >= 4 is 23.0 Å². The van der Waals surface area contributed by atoms with Gasteiger partial charge in [-0.05, 0) is 43.5 Å². The van der Waals surface area contributed by atoms with E-state index in [1.54, 1.807) is 6.07 Å². The van der Waals surface area contributed by atoms with E-state index in [2.05, 4.69) is 21.6 Å². The number of rotatable bonds is 5. The number of benzene rings is 2. The molecule has 0 saturated carbocycles. The zero-order chi connectivity index (χ0) is 18.5. The van der Waals surface area contributed by atoms with Gasteiger partial charge >= 0.3 is 0 Å². The fourth-order valence-corrected chi connectivity index (χ4v) is 3.54. The maximum absolute atomic E-state index is 12.4. The zero-order valence-electron chi connectivity index (χ0n) is 15.4. The molecule has 0 aliphatic carbocycles. The predicted molar refractivity (Wildman–Crippen MR) is 107 cm³/mol. The third kappa shape index (κ3) is 4.27. The first-order valence-corrected chi connectivity index (χ1v) is 9.57. The highest BCUT2D eigenvalue weighted by Crippen LogP contribution is 2.32. The van der Waals surface area contributed by atoms with Crippen molar-refractivity contribution in [3.05, 3.63) is 42.5 Å². The van der Waals surface area contributed by atoms with Crippen molar-refractivity contribution in [1.29, 1.82) is 0 Å². The number of anilines is 3. The number of piperidine rings is 1. The molecule has 0 atom stereocenters. The zero-order valence-corrected chi connectivity index (χ0v) is 15.4. The molecule has 142 valence electrons. The van der Waals surface area contributed by atoms with Crippen LogP contribution in [0.2, 0.25) is 0 Å². The molecule has 1 saturated heterocycles. The lowest BCUT2D eigenvalue weighted by molar-refractivity contribution is -0.114. The number of ether oxygens (including phenoxy) is 2. The number of fused-ring (bicyclic) bond motifs is 1. The van der Waals surface area contributed by atoms with Gasteiger partial charge in [-0.3, -0.25) is 4.79 Å². The highest BCUT2D eigenvalue weighted by molar-refractivity contribution is 5.94. The summed E-state index contributed by atoms with van der Waals surface area (Å²) in [7, 11) is 0. The number of hydrogen-bond donors (Lipinski definition) is 2. The average molecular weight is 367 g/mol. The molecule has 2 N–H and O–H groups in total. The summed E-state index contributed by atoms with van der Waals surface area (Å²) in [5.41, 5.74) is 2.87. The third-order valence-electron chi connectivity index (χ3n) is 4.87. The first-order valence-electron chi connectivity index (χ1n) is 9.57. The van der Waals surface area contributed by atoms with E-state index in [0.29, 0.717) is 30.4 Å². The second-order valence-corrected chi connectivity index (χ2v) is 6.83. The Kier molecular flexibility index (Phi) is 5.32. The third-order valence-corrected chi connectivity index (χ3v) is 4.87. The fraction of sp³-hybridized carbons (Fsp3) is 0.381. The Hall–Kier alpha value is -2.89. The number of carbonyl (C=O) groups excluding carboxylic acids is 1. The van der Waals surface area contributed by atoms with Crippen molar-refractivity contribution in [3.8, 4) is 11.5 Å². The van der Waals surface area contributed by atoms with Crippen LogP contribution in [0, 0.1) is 0 Å². The van der Waals surface area contributed by atoms with E-state index in [4.69, 9.17) is 9.47 Å². The van der Waals surface area contributed by atoms with Gasteiger partial charge in [-0.15, -0.1) is 0 Å². The van der Waals surface area contributed by atoms with Crippen LogP contribution >= 0.6 is 0 Å². The monoisotopic (exact) mass is 367 g/mol. The van der Waals surface area contributed by atoms with E-state index < -0.39 is 0 Å². The van der Waals surface area contributed by atoms with E-state index in [0.717, 1.165) is 18.8 Å². The summed E-state index contributed by atoms with van der Waals surface area (Å²) in [5.74, 6) is 1.29. The van der Waals surface area contributed by atoms with Gasteiger partial charge in [0.2, 0.25) is 5.91 Å². The molecule has 1 fully saturated rings. The summed E-state index contributed by atoms with van der Waals surface area (Å²) < 4.78 is 11.1. The Morgan fingerprint density at radius 2 is 1.74 bits per heavy atom. The Bertz CT molecular complexity index is 803. The van der Waals surface area contributed by atoms with E-state index in [1.807, 2.05) is 30.3 Å². The van der Waals surface area contributed by atoms with Gasteiger partial charge in [-0.25, -0.2) is 0 Å². The summed E-state index contributed by atoms with van der Waals surface area (Å²) in [6.45, 7) is 3.43. The van der Waals surface area contributed by atoms with Gasteiger partial charge in [0.05, 0.1) is 17.9 Å². The van der Waals surface area contributed by atoms with Gasteiger partial charge in [0.1, 0.15) is 13.2 Å². The minimum Gasteiger partial charge on any atom is -0.486 e. The number of para-hydroxylation sites is 2. The predicted octanol–water partition coefficient (Wildman–Crippen LogP) is 3.50. The molecule has 27 heavy (non-hydrogen) atoms. The molecule has 2 heterocycles. The summed E-state index contributed by atoms with van der Waals surface area (Å²) in [5, 5.41) is 6.19. The molecule has 6 nitrogen and oxygen atoms in total. The summed E-state index contributed by atoms with van der Waals surface area (Å²) in [6, 6.07) is 13.6. The number of amides is 1. The van der Waals surface area contributed by atoms with Crippen LogP contribution in [0.4, 0.5) is 17.1 Å². The molecule has 6 heteroatoms. The lowest BCUT2D eigenvalue weighted by Crippen LogP contribution is -2.30. The fourth-order valence-electron chi connectivity index (χ4n) is 3.54. The van der Waals surface area contributed by atoms with Gasteiger partial charge in [0, 0.05) is 24.8 Å². The van der Waals surface area contributed by atoms with E-state index >= 15 is 0 Å². The molecule has 1 amide bonds. The largest absolute Gasteiger partial charge is 0.486 e. The first-order chi connectivity index (χ1) is 13.3. The molecule has 0 bridgehead atoms. The first kappa shape index (κ1) is 17.5. The summed E-state index contributed by atoms with van der Waals surface area (Å²) in [4.78, 5) is 14.8. The van der Waals surface area contributed by atoms with Gasteiger partial charge in [-0.1, -0.05) is 12.1 Å². The molecule has 0 unspecified atom stereocenters. The smallest absolute Gasteiger partial charge is 0.243 e. The highest BCUT2D eigenvalue weighted by atomic mass is 16.6. The van der Waals surface area contributed by atoms with Crippen molar-refractivity contribution < 1.29 is 14.3 Å². The Morgan fingerprint density at radius 1 is 0.963 bits per heavy atom. The molecule has 2 aliphatic heterocycles. The van der Waals surface area contributed by atoms with Gasteiger partial charge in [0.15, 0.2) is 11.5 Å². The number of nitrogens with one attached hydrogen (secondary N) is 2. The average Bonchev–Trinajstić information content (AvgIpc) is 2.73. The van der Waals surface area contributed by atoms with Crippen molar-refractivity contribution in [2.75, 3.05) is 48.4 Å². The lowest BCUT2D eigenvalue weighted by atomic mass is 10.1. The molecule has 2 aromatic carbocycles. The number of carbonyl (C=O) groups is 1. The molecule has 2 aromatic rings. The Balaban J connectivity index is 1.37. The van der Waals surface area contributed by atoms with Crippen molar-refractivity contribution in [1.82, 2.24) is 0 Å².